The summed E-state index contributed by atoms with van der Waals surface area (Å²) < 4.78 is 0. The Bertz CT molecular complexity index is 349. The van der Waals surface area contributed by atoms with E-state index >= 15 is 0 Å². The van der Waals surface area contributed by atoms with Crippen molar-refractivity contribution in [2.75, 3.05) is 18.4 Å². The molecule has 0 aromatic carbocycles. The molecule has 1 aromatic rings. The molecule has 3 N–H and O–H groups in total. The number of nitrogens with zero attached hydrogens (tertiary/aromatic N) is 2. The molecule has 1 aromatic heterocycles. The van der Waals surface area contributed by atoms with Gasteiger partial charge in [0.1, 0.15) is 0 Å². The van der Waals surface area contributed by atoms with E-state index < -0.39 is 0 Å². The molecule has 1 unspecified atom stereocenters. The maximum atomic E-state index is 5.53. The second-order valence-corrected chi connectivity index (χ2v) is 4.98. The number of nitrogens with one attached hydrogen (secondary N) is 1. The molecule has 1 heterocycles. The van der Waals surface area contributed by atoms with Crippen molar-refractivity contribution in [2.24, 2.45) is 11.7 Å². The van der Waals surface area contributed by atoms with E-state index in [-0.39, 0.29) is 0 Å². The Kier molecular flexibility index (Phi) is 5.35. The molecule has 4 heteroatoms. The molecule has 0 saturated carbocycles. The van der Waals surface area contributed by atoms with Crippen molar-refractivity contribution in [1.82, 2.24) is 9.97 Å². The fourth-order valence-corrected chi connectivity index (χ4v) is 1.62. The molecule has 0 aliphatic carbocycles. The Morgan fingerprint density at radius 1 is 1.29 bits per heavy atom. The number of anilines is 1. The Morgan fingerprint density at radius 2 is 2.00 bits per heavy atom. The first-order chi connectivity index (χ1) is 8.02. The van der Waals surface area contributed by atoms with Gasteiger partial charge in [-0.1, -0.05) is 20.8 Å². The van der Waals surface area contributed by atoms with Gasteiger partial charge in [-0.2, -0.15) is 0 Å². The zero-order valence-electron chi connectivity index (χ0n) is 11.3. The van der Waals surface area contributed by atoms with Crippen LogP contribution < -0.4 is 11.1 Å². The zero-order chi connectivity index (χ0) is 12.8. The minimum Gasteiger partial charge on any atom is -0.354 e. The predicted molar refractivity (Wildman–Crippen MR) is 72.2 cm³/mol. The second kappa shape index (κ2) is 6.55. The molecule has 0 bridgehead atoms. The quantitative estimate of drug-likeness (QED) is 0.795. The van der Waals surface area contributed by atoms with Crippen molar-refractivity contribution in [1.29, 1.82) is 0 Å². The maximum Gasteiger partial charge on any atom is 0.223 e. The van der Waals surface area contributed by atoms with Crippen LogP contribution in [0.5, 0.6) is 0 Å². The molecule has 1 rings (SSSR count). The van der Waals surface area contributed by atoms with Crippen LogP contribution in [0.1, 0.15) is 44.5 Å². The van der Waals surface area contributed by atoms with Gasteiger partial charge in [0.15, 0.2) is 0 Å². The summed E-state index contributed by atoms with van der Waals surface area (Å²) in [6.45, 7) is 10.1. The molecule has 0 aliphatic rings. The first-order valence-electron chi connectivity index (χ1n) is 6.32. The topological polar surface area (TPSA) is 63.8 Å². The summed E-state index contributed by atoms with van der Waals surface area (Å²) in [4.78, 5) is 8.91. The van der Waals surface area contributed by atoms with Gasteiger partial charge in [-0.25, -0.2) is 9.97 Å². The Labute approximate surface area is 104 Å². The monoisotopic (exact) mass is 236 g/mol. The molecule has 17 heavy (non-hydrogen) atoms. The lowest BCUT2D eigenvalue weighted by atomic mass is 10.1. The molecule has 1 atom stereocenters. The van der Waals surface area contributed by atoms with Crippen molar-refractivity contribution in [3.05, 3.63) is 17.5 Å². The van der Waals surface area contributed by atoms with Crippen LogP contribution in [0.4, 0.5) is 5.95 Å². The lowest BCUT2D eigenvalue weighted by Gasteiger charge is -2.13. The van der Waals surface area contributed by atoms with Gasteiger partial charge in [-0.05, 0) is 37.8 Å². The van der Waals surface area contributed by atoms with Gasteiger partial charge in [0, 0.05) is 17.9 Å². The maximum absolute atomic E-state index is 5.53. The van der Waals surface area contributed by atoms with Crippen molar-refractivity contribution in [3.63, 3.8) is 0 Å². The molecule has 96 valence electrons. The minimum atomic E-state index is 0.429. The summed E-state index contributed by atoms with van der Waals surface area (Å²) in [5.74, 6) is 1.71. The van der Waals surface area contributed by atoms with Crippen LogP contribution in [0.15, 0.2) is 6.07 Å². The average Bonchev–Trinajstić information content (AvgIpc) is 2.26. The van der Waals surface area contributed by atoms with Crippen LogP contribution in [0, 0.1) is 12.8 Å². The number of hydrogen-bond acceptors (Lipinski definition) is 4. The van der Waals surface area contributed by atoms with Gasteiger partial charge in [-0.15, -0.1) is 0 Å². The third kappa shape index (κ3) is 4.69. The summed E-state index contributed by atoms with van der Waals surface area (Å²) in [7, 11) is 0. The van der Waals surface area contributed by atoms with E-state index in [1.807, 2.05) is 13.0 Å². The Hall–Kier alpha value is -1.16. The standard InChI is InChI=1S/C13H24N4/c1-9(2)12-7-11(4)16-13(17-12)15-8-10(3)5-6-14/h7,9-10H,5-6,8,14H2,1-4H3,(H,15,16,17). The van der Waals surface area contributed by atoms with Crippen molar-refractivity contribution in [3.8, 4) is 0 Å². The number of nitrogens with two attached hydrogens (primary N) is 1. The lowest BCUT2D eigenvalue weighted by Crippen LogP contribution is -2.17. The highest BCUT2D eigenvalue weighted by atomic mass is 15.1. The van der Waals surface area contributed by atoms with E-state index in [0.29, 0.717) is 11.8 Å². The van der Waals surface area contributed by atoms with Gasteiger partial charge in [0.2, 0.25) is 5.95 Å². The predicted octanol–water partition coefficient (Wildman–Crippen LogP) is 2.31. The van der Waals surface area contributed by atoms with E-state index in [4.69, 9.17) is 5.73 Å². The third-order valence-corrected chi connectivity index (χ3v) is 2.73. The largest absolute Gasteiger partial charge is 0.354 e. The molecule has 0 aliphatic heterocycles. The molecular weight excluding hydrogens is 212 g/mol. The van der Waals surface area contributed by atoms with Crippen molar-refractivity contribution < 1.29 is 0 Å². The average molecular weight is 236 g/mol. The molecule has 0 spiro atoms. The smallest absolute Gasteiger partial charge is 0.223 e. The van der Waals surface area contributed by atoms with Crippen LogP contribution in [-0.2, 0) is 0 Å². The van der Waals surface area contributed by atoms with Crippen LogP contribution in [0.2, 0.25) is 0 Å². The normalized spacial score (nSPS) is 12.8. The summed E-state index contributed by atoms with van der Waals surface area (Å²) in [5, 5.41) is 3.29. The first-order valence-corrected chi connectivity index (χ1v) is 6.32. The van der Waals surface area contributed by atoms with Crippen molar-refractivity contribution in [2.45, 2.75) is 40.0 Å². The van der Waals surface area contributed by atoms with Gasteiger partial charge in [0.05, 0.1) is 0 Å². The van der Waals surface area contributed by atoms with Crippen LogP contribution in [0.3, 0.4) is 0 Å². The van der Waals surface area contributed by atoms with Crippen LogP contribution in [0.25, 0.3) is 0 Å². The third-order valence-electron chi connectivity index (χ3n) is 2.73. The van der Waals surface area contributed by atoms with Gasteiger partial charge in [-0.3, -0.25) is 0 Å². The van der Waals surface area contributed by atoms with Gasteiger partial charge >= 0.3 is 0 Å². The van der Waals surface area contributed by atoms with E-state index in [0.717, 1.165) is 36.8 Å². The van der Waals surface area contributed by atoms with E-state index in [9.17, 15) is 0 Å². The lowest BCUT2D eigenvalue weighted by molar-refractivity contribution is 0.566. The van der Waals surface area contributed by atoms with Crippen LogP contribution >= 0.6 is 0 Å². The molecule has 0 radical (unpaired) electrons. The number of hydrogen-bond donors (Lipinski definition) is 2. The van der Waals surface area contributed by atoms with E-state index in [2.05, 4.69) is 36.1 Å². The Morgan fingerprint density at radius 3 is 2.59 bits per heavy atom. The van der Waals surface area contributed by atoms with Gasteiger partial charge < -0.3 is 11.1 Å². The second-order valence-electron chi connectivity index (χ2n) is 4.98. The highest BCUT2D eigenvalue weighted by molar-refractivity contribution is 5.29. The SMILES string of the molecule is Cc1cc(C(C)C)nc(NCC(C)CCN)n1. The molecule has 0 saturated heterocycles. The van der Waals surface area contributed by atoms with E-state index in [1.54, 1.807) is 0 Å². The fraction of sp³-hybridized carbons (Fsp3) is 0.692. The Balaban J connectivity index is 2.64. The zero-order valence-corrected chi connectivity index (χ0v) is 11.3. The number of aryl methyl sites for hydroxylation is 1. The highest BCUT2D eigenvalue weighted by Crippen LogP contribution is 2.14. The highest BCUT2D eigenvalue weighted by Gasteiger charge is 2.07. The summed E-state index contributed by atoms with van der Waals surface area (Å²) in [5.41, 5.74) is 7.63. The molecule has 4 nitrogen and oxygen atoms in total. The fourth-order valence-electron chi connectivity index (χ4n) is 1.62. The molecular formula is C13H24N4. The van der Waals surface area contributed by atoms with Gasteiger partial charge in [0.25, 0.3) is 0 Å². The summed E-state index contributed by atoms with van der Waals surface area (Å²) >= 11 is 0. The first kappa shape index (κ1) is 13.9. The van der Waals surface area contributed by atoms with Crippen molar-refractivity contribution >= 4 is 5.95 Å². The molecule has 0 amide bonds. The summed E-state index contributed by atoms with van der Waals surface area (Å²) in [6, 6.07) is 2.04. The molecule has 0 fully saturated rings. The van der Waals surface area contributed by atoms with E-state index in [1.165, 1.54) is 0 Å². The summed E-state index contributed by atoms with van der Waals surface area (Å²) in [6.07, 6.45) is 1.02. The van der Waals surface area contributed by atoms with Crippen LogP contribution in [-0.4, -0.2) is 23.1 Å². The minimum absolute atomic E-state index is 0.429. The number of rotatable bonds is 6. The number of aromatic nitrogens is 2.